The minimum atomic E-state index is 0.218. The Bertz CT molecular complexity index is 385. The molecule has 0 aliphatic carbocycles. The summed E-state index contributed by atoms with van der Waals surface area (Å²) in [6.45, 7) is 0.511. The fraction of sp³-hybridized carbons (Fsp3) is 0.250. The van der Waals surface area contributed by atoms with E-state index < -0.39 is 0 Å². The van der Waals surface area contributed by atoms with Crippen LogP contribution in [0.3, 0.4) is 0 Å². The summed E-state index contributed by atoms with van der Waals surface area (Å²) in [5, 5.41) is 10.3. The molecule has 0 saturated heterocycles. The molecule has 0 aliphatic heterocycles. The Morgan fingerprint density at radius 1 is 1.43 bits per heavy atom. The van der Waals surface area contributed by atoms with E-state index in [9.17, 15) is 0 Å². The summed E-state index contributed by atoms with van der Waals surface area (Å²) in [6.07, 6.45) is 1.61. The molecule has 0 amide bonds. The van der Waals surface area contributed by atoms with Gasteiger partial charge < -0.3 is 14.2 Å². The van der Waals surface area contributed by atoms with Gasteiger partial charge in [-0.05, 0) is 12.1 Å². The van der Waals surface area contributed by atoms with Crippen LogP contribution in [0.2, 0.25) is 0 Å². The first-order valence-electron chi connectivity index (χ1n) is 4.03. The molecule has 2 heterocycles. The van der Waals surface area contributed by atoms with Crippen molar-refractivity contribution in [1.82, 2.24) is 10.2 Å². The lowest BCUT2D eigenvalue weighted by Gasteiger charge is -1.95. The van der Waals surface area contributed by atoms with Gasteiger partial charge >= 0.3 is 6.01 Å². The van der Waals surface area contributed by atoms with Crippen molar-refractivity contribution in [3.05, 3.63) is 30.0 Å². The predicted octanol–water partition coefficient (Wildman–Crippen LogP) is 2.01. The molecular formula is C8H8ClN3O2. The smallest absolute Gasteiger partial charge is 0.315 e. The van der Waals surface area contributed by atoms with E-state index in [0.29, 0.717) is 18.5 Å². The van der Waals surface area contributed by atoms with Gasteiger partial charge in [-0.3, -0.25) is 0 Å². The van der Waals surface area contributed by atoms with Crippen LogP contribution in [-0.4, -0.2) is 10.2 Å². The molecule has 0 unspecified atom stereocenters. The molecule has 2 aromatic heterocycles. The van der Waals surface area contributed by atoms with E-state index in [1.165, 1.54) is 0 Å². The summed E-state index contributed by atoms with van der Waals surface area (Å²) in [7, 11) is 0. The minimum absolute atomic E-state index is 0.218. The van der Waals surface area contributed by atoms with Crippen molar-refractivity contribution in [2.45, 2.75) is 12.4 Å². The maximum atomic E-state index is 5.50. The second kappa shape index (κ2) is 4.15. The van der Waals surface area contributed by atoms with E-state index >= 15 is 0 Å². The number of aromatic nitrogens is 2. The second-order valence-electron chi connectivity index (χ2n) is 2.57. The summed E-state index contributed by atoms with van der Waals surface area (Å²) in [5.41, 5.74) is 0. The highest BCUT2D eigenvalue weighted by molar-refractivity contribution is 6.16. The zero-order valence-corrected chi connectivity index (χ0v) is 7.99. The number of halogens is 1. The monoisotopic (exact) mass is 213 g/mol. The van der Waals surface area contributed by atoms with Gasteiger partial charge in [0.1, 0.15) is 11.6 Å². The molecule has 0 saturated carbocycles. The van der Waals surface area contributed by atoms with E-state index in [-0.39, 0.29) is 5.88 Å². The normalized spacial score (nSPS) is 10.4. The van der Waals surface area contributed by atoms with Gasteiger partial charge in [0.15, 0.2) is 0 Å². The standard InChI is InChI=1S/C8H8ClN3O2/c9-4-7-11-12-8(14-7)10-5-6-2-1-3-13-6/h1-3H,4-5H2,(H,10,12). The summed E-state index contributed by atoms with van der Waals surface area (Å²) >= 11 is 5.50. The maximum absolute atomic E-state index is 5.50. The van der Waals surface area contributed by atoms with Crippen LogP contribution < -0.4 is 5.32 Å². The lowest BCUT2D eigenvalue weighted by Crippen LogP contribution is -1.97. The molecule has 74 valence electrons. The number of nitrogens with one attached hydrogen (secondary N) is 1. The second-order valence-corrected chi connectivity index (χ2v) is 2.83. The van der Waals surface area contributed by atoms with E-state index in [1.807, 2.05) is 12.1 Å². The fourth-order valence-corrected chi connectivity index (χ4v) is 1.06. The molecule has 0 atom stereocenters. The number of alkyl halides is 1. The molecular weight excluding hydrogens is 206 g/mol. The van der Waals surface area contributed by atoms with Crippen molar-refractivity contribution in [1.29, 1.82) is 0 Å². The van der Waals surface area contributed by atoms with E-state index in [2.05, 4.69) is 15.5 Å². The maximum Gasteiger partial charge on any atom is 0.315 e. The molecule has 0 fully saturated rings. The predicted molar refractivity (Wildman–Crippen MR) is 49.9 cm³/mol. The van der Waals surface area contributed by atoms with Gasteiger partial charge in [0.05, 0.1) is 12.8 Å². The van der Waals surface area contributed by atoms with Crippen molar-refractivity contribution in [2.75, 3.05) is 5.32 Å². The molecule has 0 spiro atoms. The first kappa shape index (κ1) is 9.08. The zero-order chi connectivity index (χ0) is 9.80. The van der Waals surface area contributed by atoms with Crippen LogP contribution in [0.15, 0.2) is 27.2 Å². The highest BCUT2D eigenvalue weighted by atomic mass is 35.5. The van der Waals surface area contributed by atoms with Gasteiger partial charge in [-0.25, -0.2) is 0 Å². The first-order chi connectivity index (χ1) is 6.88. The third-order valence-corrected chi connectivity index (χ3v) is 1.80. The number of hydrogen-bond donors (Lipinski definition) is 1. The highest BCUT2D eigenvalue weighted by Gasteiger charge is 2.04. The van der Waals surface area contributed by atoms with Crippen molar-refractivity contribution in [2.24, 2.45) is 0 Å². The highest BCUT2D eigenvalue weighted by Crippen LogP contribution is 2.09. The molecule has 2 rings (SSSR count). The van der Waals surface area contributed by atoms with Gasteiger partial charge in [-0.2, -0.15) is 0 Å². The fourth-order valence-electron chi connectivity index (χ4n) is 0.955. The Morgan fingerprint density at radius 3 is 3.00 bits per heavy atom. The van der Waals surface area contributed by atoms with E-state index in [0.717, 1.165) is 5.76 Å². The average Bonchev–Trinajstić information content (AvgIpc) is 2.86. The molecule has 0 bridgehead atoms. The van der Waals surface area contributed by atoms with Gasteiger partial charge in [0.2, 0.25) is 5.89 Å². The lowest BCUT2D eigenvalue weighted by molar-refractivity contribution is 0.501. The van der Waals surface area contributed by atoms with E-state index in [4.69, 9.17) is 20.4 Å². The van der Waals surface area contributed by atoms with Gasteiger partial charge in [0.25, 0.3) is 0 Å². The Kier molecular flexibility index (Phi) is 2.69. The number of anilines is 1. The molecule has 6 heteroatoms. The van der Waals surface area contributed by atoms with Crippen LogP contribution in [0.1, 0.15) is 11.7 Å². The SMILES string of the molecule is ClCc1nnc(NCc2ccco2)o1. The lowest BCUT2D eigenvalue weighted by atomic mass is 10.4. The molecule has 14 heavy (non-hydrogen) atoms. The molecule has 0 aromatic carbocycles. The van der Waals surface area contributed by atoms with Crippen LogP contribution in [0.4, 0.5) is 6.01 Å². The molecule has 0 aliphatic rings. The van der Waals surface area contributed by atoms with Crippen LogP contribution in [-0.2, 0) is 12.4 Å². The first-order valence-corrected chi connectivity index (χ1v) is 4.56. The van der Waals surface area contributed by atoms with E-state index in [1.54, 1.807) is 6.26 Å². The molecule has 0 radical (unpaired) electrons. The third-order valence-electron chi connectivity index (χ3n) is 1.58. The number of rotatable bonds is 4. The summed E-state index contributed by atoms with van der Waals surface area (Å²) in [4.78, 5) is 0. The summed E-state index contributed by atoms with van der Waals surface area (Å²) in [5.74, 6) is 1.42. The molecule has 1 N–H and O–H groups in total. The Labute approximate surface area is 85.1 Å². The van der Waals surface area contributed by atoms with Crippen LogP contribution >= 0.6 is 11.6 Å². The zero-order valence-electron chi connectivity index (χ0n) is 7.24. The quantitative estimate of drug-likeness (QED) is 0.788. The average molecular weight is 214 g/mol. The largest absolute Gasteiger partial charge is 0.467 e. The topological polar surface area (TPSA) is 64.1 Å². The Morgan fingerprint density at radius 2 is 2.36 bits per heavy atom. The van der Waals surface area contributed by atoms with Gasteiger partial charge in [-0.15, -0.1) is 16.7 Å². The number of nitrogens with zero attached hydrogens (tertiary/aromatic N) is 2. The van der Waals surface area contributed by atoms with Crippen molar-refractivity contribution < 1.29 is 8.83 Å². The van der Waals surface area contributed by atoms with Crippen molar-refractivity contribution >= 4 is 17.6 Å². The summed E-state index contributed by atoms with van der Waals surface area (Å²) in [6, 6.07) is 4.01. The molecule has 2 aromatic rings. The van der Waals surface area contributed by atoms with Crippen LogP contribution in [0.5, 0.6) is 0 Å². The Hall–Kier alpha value is -1.49. The van der Waals surface area contributed by atoms with Gasteiger partial charge in [-0.1, -0.05) is 5.10 Å². The number of hydrogen-bond acceptors (Lipinski definition) is 5. The Balaban J connectivity index is 1.92. The summed E-state index contributed by atoms with van der Waals surface area (Å²) < 4.78 is 10.2. The minimum Gasteiger partial charge on any atom is -0.467 e. The van der Waals surface area contributed by atoms with Crippen LogP contribution in [0, 0.1) is 0 Å². The third kappa shape index (κ3) is 2.05. The molecule has 5 nitrogen and oxygen atoms in total. The van der Waals surface area contributed by atoms with Crippen LogP contribution in [0.25, 0.3) is 0 Å². The van der Waals surface area contributed by atoms with Crippen molar-refractivity contribution in [3.8, 4) is 0 Å². The number of furan rings is 1. The van der Waals surface area contributed by atoms with Gasteiger partial charge in [0, 0.05) is 0 Å². The van der Waals surface area contributed by atoms with Crippen molar-refractivity contribution in [3.63, 3.8) is 0 Å².